The first-order valence-corrected chi connectivity index (χ1v) is 9.21. The Kier molecular flexibility index (Phi) is 5.42. The molecule has 1 atom stereocenters. The number of aliphatic hydroxyl groups is 1. The second kappa shape index (κ2) is 6.74. The van der Waals surface area contributed by atoms with Crippen molar-refractivity contribution in [2.75, 3.05) is 18.1 Å². The molecule has 0 radical (unpaired) electrons. The number of nitrogens with one attached hydrogen (secondary N) is 1. The zero-order chi connectivity index (χ0) is 15.5. The van der Waals surface area contributed by atoms with Gasteiger partial charge in [-0.1, -0.05) is 26.3 Å². The Morgan fingerprint density at radius 2 is 2.10 bits per heavy atom. The summed E-state index contributed by atoms with van der Waals surface area (Å²) in [4.78, 5) is 12.0. The minimum Gasteiger partial charge on any atom is -0.387 e. The first-order valence-electron chi connectivity index (χ1n) is 8.06. The second-order valence-corrected chi connectivity index (χ2v) is 8.79. The molecule has 1 saturated heterocycles. The van der Waals surface area contributed by atoms with Crippen molar-refractivity contribution in [1.82, 2.24) is 5.32 Å². The molecule has 1 aliphatic heterocycles. The molecule has 2 aliphatic rings. The molecule has 0 aromatic carbocycles. The molecule has 2 fully saturated rings. The molecule has 0 aromatic rings. The Hall–Kier alpha value is -0.480. The van der Waals surface area contributed by atoms with E-state index < -0.39 is 5.60 Å². The zero-order valence-corrected chi connectivity index (χ0v) is 14.4. The number of allylic oxidation sites excluding steroid dienone is 1. The smallest absolute Gasteiger partial charge is 0.244 e. The van der Waals surface area contributed by atoms with E-state index in [4.69, 9.17) is 0 Å². The molecule has 1 amide bonds. The lowest BCUT2D eigenvalue weighted by atomic mass is 9.71. The van der Waals surface area contributed by atoms with Gasteiger partial charge >= 0.3 is 0 Å². The van der Waals surface area contributed by atoms with E-state index in [9.17, 15) is 9.90 Å². The van der Waals surface area contributed by atoms with Gasteiger partial charge in [0.15, 0.2) is 0 Å². The molecule has 0 bridgehead atoms. The zero-order valence-electron chi connectivity index (χ0n) is 13.6. The van der Waals surface area contributed by atoms with Gasteiger partial charge in [0.1, 0.15) is 0 Å². The maximum atomic E-state index is 12.0. The van der Waals surface area contributed by atoms with Gasteiger partial charge in [-0.25, -0.2) is 0 Å². The third-order valence-corrected chi connectivity index (χ3v) is 6.10. The summed E-state index contributed by atoms with van der Waals surface area (Å²) in [5.41, 5.74) is 0.945. The van der Waals surface area contributed by atoms with Crippen molar-refractivity contribution in [1.29, 1.82) is 0 Å². The topological polar surface area (TPSA) is 49.3 Å². The van der Waals surface area contributed by atoms with Crippen molar-refractivity contribution in [2.45, 2.75) is 58.5 Å². The predicted octanol–water partition coefficient (Wildman–Crippen LogP) is 3.13. The molecule has 1 aliphatic carbocycles. The summed E-state index contributed by atoms with van der Waals surface area (Å²) >= 11 is 1.75. The number of carbonyl (C=O) groups is 1. The Labute approximate surface area is 133 Å². The largest absolute Gasteiger partial charge is 0.387 e. The first-order chi connectivity index (χ1) is 9.78. The van der Waals surface area contributed by atoms with Gasteiger partial charge in [-0.2, -0.15) is 11.8 Å². The molecular weight excluding hydrogens is 282 g/mol. The molecule has 21 heavy (non-hydrogen) atoms. The minimum absolute atomic E-state index is 0.0375. The fraction of sp³-hybridized carbons (Fsp3) is 0.824. The molecule has 2 N–H and O–H groups in total. The van der Waals surface area contributed by atoms with Gasteiger partial charge in [0.05, 0.1) is 5.60 Å². The normalized spacial score (nSPS) is 30.3. The molecule has 0 unspecified atom stereocenters. The van der Waals surface area contributed by atoms with Crippen molar-refractivity contribution in [3.63, 3.8) is 0 Å². The van der Waals surface area contributed by atoms with Gasteiger partial charge < -0.3 is 10.4 Å². The lowest BCUT2D eigenvalue weighted by Crippen LogP contribution is -2.42. The monoisotopic (exact) mass is 311 g/mol. The van der Waals surface area contributed by atoms with E-state index in [-0.39, 0.29) is 5.91 Å². The maximum absolute atomic E-state index is 12.0. The summed E-state index contributed by atoms with van der Waals surface area (Å²) in [7, 11) is 0. The maximum Gasteiger partial charge on any atom is 0.244 e. The molecule has 120 valence electrons. The fourth-order valence-electron chi connectivity index (χ4n) is 3.22. The Balaban J connectivity index is 1.77. The van der Waals surface area contributed by atoms with Crippen LogP contribution in [0.15, 0.2) is 11.6 Å². The molecule has 1 heterocycles. The quantitative estimate of drug-likeness (QED) is 0.787. The predicted molar refractivity (Wildman–Crippen MR) is 89.4 cm³/mol. The number of amides is 1. The van der Waals surface area contributed by atoms with Crippen LogP contribution in [0.25, 0.3) is 0 Å². The van der Waals surface area contributed by atoms with Crippen LogP contribution in [0, 0.1) is 11.3 Å². The van der Waals surface area contributed by atoms with Crippen molar-refractivity contribution in [3.05, 3.63) is 11.6 Å². The average molecular weight is 311 g/mol. The van der Waals surface area contributed by atoms with Gasteiger partial charge in [-0.3, -0.25) is 4.79 Å². The van der Waals surface area contributed by atoms with Gasteiger partial charge in [0.2, 0.25) is 5.91 Å². The van der Waals surface area contributed by atoms with Crippen molar-refractivity contribution < 1.29 is 9.90 Å². The molecule has 0 spiro atoms. The molecule has 2 rings (SSSR count). The number of hydrogen-bond acceptors (Lipinski definition) is 3. The summed E-state index contributed by atoms with van der Waals surface area (Å²) in [5.74, 6) is 2.44. The molecule has 3 nitrogen and oxygen atoms in total. The third-order valence-electron chi connectivity index (χ3n) is 4.86. The van der Waals surface area contributed by atoms with Crippen LogP contribution in [-0.4, -0.2) is 34.7 Å². The van der Waals surface area contributed by atoms with E-state index in [1.165, 1.54) is 18.4 Å². The van der Waals surface area contributed by atoms with Crippen LogP contribution in [0.4, 0.5) is 0 Å². The van der Waals surface area contributed by atoms with E-state index in [0.29, 0.717) is 12.0 Å². The average Bonchev–Trinajstić information content (AvgIpc) is 2.84. The van der Waals surface area contributed by atoms with Crippen molar-refractivity contribution in [2.24, 2.45) is 11.3 Å². The highest BCUT2D eigenvalue weighted by Gasteiger charge is 2.32. The van der Waals surface area contributed by atoms with Gasteiger partial charge in [0.25, 0.3) is 0 Å². The van der Waals surface area contributed by atoms with Crippen LogP contribution in [-0.2, 0) is 4.79 Å². The van der Waals surface area contributed by atoms with Crippen molar-refractivity contribution >= 4 is 17.7 Å². The third kappa shape index (κ3) is 5.03. The van der Waals surface area contributed by atoms with E-state index in [1.54, 1.807) is 17.8 Å². The SMILES string of the molecule is CC(C)(C)C1CCC(=CC(=O)NC[C@@]2(O)CCSC2)CC1. The first kappa shape index (κ1) is 16.9. The number of carbonyl (C=O) groups excluding carboxylic acids is 1. The summed E-state index contributed by atoms with van der Waals surface area (Å²) in [5, 5.41) is 13.1. The second-order valence-electron chi connectivity index (χ2n) is 7.69. The number of thioether (sulfide) groups is 1. The van der Waals surface area contributed by atoms with Gasteiger partial charge in [-0.05, 0) is 49.2 Å². The van der Waals surface area contributed by atoms with Crippen LogP contribution in [0.1, 0.15) is 52.9 Å². The highest BCUT2D eigenvalue weighted by Crippen LogP contribution is 2.39. The fourth-order valence-corrected chi connectivity index (χ4v) is 4.52. The summed E-state index contributed by atoms with van der Waals surface area (Å²) in [6, 6.07) is 0. The molecule has 0 aromatic heterocycles. The lowest BCUT2D eigenvalue weighted by molar-refractivity contribution is -0.117. The van der Waals surface area contributed by atoms with Gasteiger partial charge in [0, 0.05) is 18.4 Å². The van der Waals surface area contributed by atoms with Crippen molar-refractivity contribution in [3.8, 4) is 0 Å². The summed E-state index contributed by atoms with van der Waals surface area (Å²) in [6.45, 7) is 7.30. The standard InChI is InChI=1S/C17H29NO2S/c1-16(2,3)14-6-4-13(5-7-14)10-15(19)18-11-17(20)8-9-21-12-17/h10,14,20H,4-9,11-12H2,1-3H3,(H,18,19)/t14?,17-/m0/s1. The van der Waals surface area contributed by atoms with Crippen LogP contribution >= 0.6 is 11.8 Å². The number of hydrogen-bond donors (Lipinski definition) is 2. The van der Waals surface area contributed by atoms with Crippen LogP contribution in [0.3, 0.4) is 0 Å². The Morgan fingerprint density at radius 3 is 2.62 bits per heavy atom. The highest BCUT2D eigenvalue weighted by molar-refractivity contribution is 7.99. The minimum atomic E-state index is -0.692. The van der Waals surface area contributed by atoms with Crippen LogP contribution < -0.4 is 5.32 Å². The Bertz CT molecular complexity index is 396. The van der Waals surface area contributed by atoms with E-state index in [2.05, 4.69) is 26.1 Å². The Morgan fingerprint density at radius 1 is 1.43 bits per heavy atom. The summed E-state index contributed by atoms with van der Waals surface area (Å²) < 4.78 is 0. The lowest BCUT2D eigenvalue weighted by Gasteiger charge is -2.34. The molecular formula is C17H29NO2S. The van der Waals surface area contributed by atoms with Crippen LogP contribution in [0.2, 0.25) is 0 Å². The van der Waals surface area contributed by atoms with Crippen LogP contribution in [0.5, 0.6) is 0 Å². The van der Waals surface area contributed by atoms with Gasteiger partial charge in [-0.15, -0.1) is 0 Å². The van der Waals surface area contributed by atoms with E-state index in [0.717, 1.165) is 36.7 Å². The number of rotatable bonds is 3. The molecule has 1 saturated carbocycles. The summed E-state index contributed by atoms with van der Waals surface area (Å²) in [6.07, 6.45) is 6.99. The van der Waals surface area contributed by atoms with E-state index >= 15 is 0 Å². The molecule has 4 heteroatoms. The van der Waals surface area contributed by atoms with E-state index in [1.807, 2.05) is 0 Å². The highest BCUT2D eigenvalue weighted by atomic mass is 32.2.